The minimum Gasteiger partial charge on any atom is -0.0781 e. The first-order valence-electron chi connectivity index (χ1n) is 9.47. The van der Waals surface area contributed by atoms with Gasteiger partial charge in [-0.2, -0.15) is 0 Å². The highest BCUT2D eigenvalue weighted by molar-refractivity contribution is 5.30. The third kappa shape index (κ3) is 4.61. The molecule has 0 N–H and O–H groups in total. The molecule has 0 aliphatic heterocycles. The van der Waals surface area contributed by atoms with Crippen molar-refractivity contribution in [2.24, 2.45) is 17.3 Å². The van der Waals surface area contributed by atoms with Crippen LogP contribution in [0.4, 0.5) is 0 Å². The largest absolute Gasteiger partial charge is 0.0781 e. The number of rotatable bonds is 5. The molecule has 0 heteroatoms. The summed E-state index contributed by atoms with van der Waals surface area (Å²) in [6, 6.07) is 0. The second kappa shape index (κ2) is 7.66. The third-order valence-corrected chi connectivity index (χ3v) is 5.66. The average Bonchev–Trinajstić information content (AvgIpc) is 2.47. The van der Waals surface area contributed by atoms with Gasteiger partial charge in [0.1, 0.15) is 0 Å². The first kappa shape index (κ1) is 17.6. The molecule has 2 aliphatic carbocycles. The fraction of sp³-hybridized carbons (Fsp3) is 0.727. The monoisotopic (exact) mass is 300 g/mol. The van der Waals surface area contributed by atoms with Crippen LogP contribution in [0.3, 0.4) is 0 Å². The molecule has 0 radical (unpaired) electrons. The van der Waals surface area contributed by atoms with Gasteiger partial charge in [0, 0.05) is 5.92 Å². The van der Waals surface area contributed by atoms with E-state index in [2.05, 4.69) is 52.8 Å². The average molecular weight is 301 g/mol. The van der Waals surface area contributed by atoms with Gasteiger partial charge in [0.15, 0.2) is 0 Å². The minimum absolute atomic E-state index is 0.411. The second-order valence-electron chi connectivity index (χ2n) is 8.57. The lowest BCUT2D eigenvalue weighted by Gasteiger charge is -2.41. The van der Waals surface area contributed by atoms with Crippen LogP contribution in [0.2, 0.25) is 0 Å². The molecule has 2 aliphatic rings. The molecular formula is C22H36. The molecule has 0 bridgehead atoms. The summed E-state index contributed by atoms with van der Waals surface area (Å²) in [4.78, 5) is 0. The number of hydrogen-bond donors (Lipinski definition) is 0. The zero-order valence-corrected chi connectivity index (χ0v) is 15.5. The Bertz CT molecular complexity index is 453. The molecule has 2 unspecified atom stereocenters. The lowest BCUT2D eigenvalue weighted by atomic mass is 9.64. The van der Waals surface area contributed by atoms with Crippen molar-refractivity contribution in [2.75, 3.05) is 0 Å². The highest BCUT2D eigenvalue weighted by Gasteiger charge is 2.35. The summed E-state index contributed by atoms with van der Waals surface area (Å²) < 4.78 is 0. The van der Waals surface area contributed by atoms with Gasteiger partial charge in [0.25, 0.3) is 0 Å². The van der Waals surface area contributed by atoms with Crippen LogP contribution in [-0.2, 0) is 0 Å². The van der Waals surface area contributed by atoms with E-state index in [4.69, 9.17) is 0 Å². The summed E-state index contributed by atoms with van der Waals surface area (Å²) in [7, 11) is 0. The lowest BCUT2D eigenvalue weighted by Crippen LogP contribution is -2.31. The van der Waals surface area contributed by atoms with Crippen LogP contribution in [-0.4, -0.2) is 0 Å². The molecule has 0 fully saturated rings. The van der Waals surface area contributed by atoms with Crippen molar-refractivity contribution in [3.05, 3.63) is 34.9 Å². The molecule has 0 aromatic rings. The molecule has 0 aromatic carbocycles. The van der Waals surface area contributed by atoms with Crippen LogP contribution >= 0.6 is 0 Å². The van der Waals surface area contributed by atoms with E-state index >= 15 is 0 Å². The fourth-order valence-corrected chi connectivity index (χ4v) is 4.19. The SMILES string of the molecule is CCCCCC1=CC=C(C2C=C(C)CCC2C(C)(C)C)CC1. The van der Waals surface area contributed by atoms with Gasteiger partial charge < -0.3 is 0 Å². The van der Waals surface area contributed by atoms with Gasteiger partial charge in [-0.3, -0.25) is 0 Å². The summed E-state index contributed by atoms with van der Waals surface area (Å²) in [5.41, 5.74) is 5.39. The van der Waals surface area contributed by atoms with Gasteiger partial charge >= 0.3 is 0 Å². The van der Waals surface area contributed by atoms with Gasteiger partial charge in [-0.15, -0.1) is 0 Å². The minimum atomic E-state index is 0.411. The van der Waals surface area contributed by atoms with E-state index in [1.165, 1.54) is 51.4 Å². The predicted octanol–water partition coefficient (Wildman–Crippen LogP) is 7.23. The van der Waals surface area contributed by atoms with Crippen LogP contribution in [0.15, 0.2) is 34.9 Å². The molecule has 0 aromatic heterocycles. The molecule has 0 spiro atoms. The first-order chi connectivity index (χ1) is 10.4. The number of allylic oxidation sites excluding steroid dienone is 6. The highest BCUT2D eigenvalue weighted by atomic mass is 14.4. The van der Waals surface area contributed by atoms with Gasteiger partial charge in [-0.1, -0.05) is 75.5 Å². The maximum Gasteiger partial charge on any atom is 0.00159 e. The molecule has 2 rings (SSSR count). The Labute approximate surface area is 138 Å². The molecule has 2 atom stereocenters. The van der Waals surface area contributed by atoms with Crippen LogP contribution in [0, 0.1) is 17.3 Å². The van der Waals surface area contributed by atoms with E-state index in [9.17, 15) is 0 Å². The van der Waals surface area contributed by atoms with Crippen LogP contribution < -0.4 is 0 Å². The van der Waals surface area contributed by atoms with E-state index in [0.717, 1.165) is 5.92 Å². The molecule has 0 nitrogen and oxygen atoms in total. The van der Waals surface area contributed by atoms with Crippen molar-refractivity contribution in [2.45, 2.75) is 86.0 Å². The smallest absolute Gasteiger partial charge is 0.00159 e. The van der Waals surface area contributed by atoms with Crippen LogP contribution in [0.5, 0.6) is 0 Å². The Hall–Kier alpha value is -0.780. The molecule has 124 valence electrons. The highest BCUT2D eigenvalue weighted by Crippen LogP contribution is 2.45. The quantitative estimate of drug-likeness (QED) is 0.371. The second-order valence-corrected chi connectivity index (χ2v) is 8.57. The van der Waals surface area contributed by atoms with Crippen LogP contribution in [0.1, 0.15) is 86.0 Å². The summed E-state index contributed by atoms with van der Waals surface area (Å²) in [6.07, 6.45) is 18.2. The molecule has 22 heavy (non-hydrogen) atoms. The molecule has 0 saturated heterocycles. The van der Waals surface area contributed by atoms with Crippen molar-refractivity contribution in [1.82, 2.24) is 0 Å². The Balaban J connectivity index is 2.10. The fourth-order valence-electron chi connectivity index (χ4n) is 4.19. The molecule has 0 amide bonds. The Morgan fingerprint density at radius 3 is 2.41 bits per heavy atom. The number of unbranched alkanes of at least 4 members (excludes halogenated alkanes) is 2. The van der Waals surface area contributed by atoms with E-state index in [0.29, 0.717) is 11.3 Å². The Morgan fingerprint density at radius 2 is 1.82 bits per heavy atom. The molecular weight excluding hydrogens is 264 g/mol. The number of hydrogen-bond acceptors (Lipinski definition) is 0. The molecule has 0 heterocycles. The summed E-state index contributed by atoms with van der Waals surface area (Å²) in [6.45, 7) is 11.9. The van der Waals surface area contributed by atoms with Gasteiger partial charge in [-0.25, -0.2) is 0 Å². The Morgan fingerprint density at radius 1 is 1.05 bits per heavy atom. The maximum absolute atomic E-state index is 2.58. The summed E-state index contributed by atoms with van der Waals surface area (Å²) >= 11 is 0. The van der Waals surface area contributed by atoms with Crippen molar-refractivity contribution >= 4 is 0 Å². The van der Waals surface area contributed by atoms with Gasteiger partial charge in [-0.05, 0) is 56.8 Å². The molecule has 0 saturated carbocycles. The Kier molecular flexibility index (Phi) is 6.12. The van der Waals surface area contributed by atoms with E-state index in [1.807, 2.05) is 0 Å². The van der Waals surface area contributed by atoms with E-state index in [1.54, 1.807) is 16.7 Å². The summed E-state index contributed by atoms with van der Waals surface area (Å²) in [5.74, 6) is 1.49. The lowest BCUT2D eigenvalue weighted by molar-refractivity contribution is 0.178. The van der Waals surface area contributed by atoms with Crippen molar-refractivity contribution in [1.29, 1.82) is 0 Å². The van der Waals surface area contributed by atoms with Crippen molar-refractivity contribution < 1.29 is 0 Å². The predicted molar refractivity (Wildman–Crippen MR) is 99.0 cm³/mol. The zero-order chi connectivity index (χ0) is 16.2. The first-order valence-corrected chi connectivity index (χ1v) is 9.47. The van der Waals surface area contributed by atoms with Gasteiger partial charge in [0.05, 0.1) is 0 Å². The van der Waals surface area contributed by atoms with E-state index < -0.39 is 0 Å². The topological polar surface area (TPSA) is 0 Å². The summed E-state index contributed by atoms with van der Waals surface area (Å²) in [5, 5.41) is 0. The van der Waals surface area contributed by atoms with E-state index in [-0.39, 0.29) is 0 Å². The van der Waals surface area contributed by atoms with Crippen molar-refractivity contribution in [3.8, 4) is 0 Å². The maximum atomic E-state index is 2.58. The van der Waals surface area contributed by atoms with Gasteiger partial charge in [0.2, 0.25) is 0 Å². The van der Waals surface area contributed by atoms with Crippen molar-refractivity contribution in [3.63, 3.8) is 0 Å². The standard InChI is InChI=1S/C22H36/c1-6-7-8-9-18-11-13-19(14-12-18)20-16-17(2)10-15-21(20)22(3,4)5/h11,13,16,20-21H,6-10,12,14-15H2,1-5H3. The van der Waals surface area contributed by atoms with Crippen LogP contribution in [0.25, 0.3) is 0 Å². The zero-order valence-electron chi connectivity index (χ0n) is 15.5. The normalized spacial score (nSPS) is 26.3. The third-order valence-electron chi connectivity index (χ3n) is 5.66.